The molecule has 2 aromatic heterocycles. The van der Waals surface area contributed by atoms with Gasteiger partial charge in [-0.05, 0) is 32.9 Å². The summed E-state index contributed by atoms with van der Waals surface area (Å²) in [7, 11) is 1.71. The lowest BCUT2D eigenvalue weighted by molar-refractivity contribution is -0.116. The van der Waals surface area contributed by atoms with Crippen LogP contribution in [0.2, 0.25) is 0 Å². The largest absolute Gasteiger partial charge is 0.323 e. The van der Waals surface area contributed by atoms with Crippen LogP contribution in [0.1, 0.15) is 23.3 Å². The van der Waals surface area contributed by atoms with E-state index in [0.29, 0.717) is 16.1 Å². The van der Waals surface area contributed by atoms with Crippen molar-refractivity contribution in [2.24, 2.45) is 7.05 Å². The minimum Gasteiger partial charge on any atom is -0.323 e. The number of hydrogen-bond acceptors (Lipinski definition) is 7. The summed E-state index contributed by atoms with van der Waals surface area (Å²) in [6.07, 6.45) is -0.0728. The van der Waals surface area contributed by atoms with Gasteiger partial charge in [0.1, 0.15) is 11.6 Å². The van der Waals surface area contributed by atoms with Gasteiger partial charge in [-0.25, -0.2) is 9.37 Å². The molecular formula is C19H21FN6O2S2. The molecule has 0 aliphatic rings. The fourth-order valence-corrected chi connectivity index (χ4v) is 4.10. The SMILES string of the molecule is Cc1nc(NC(=O)C(C)Sc2nnc(CC(=O)Nc3ccccc3F)n2C)sc1C. The summed E-state index contributed by atoms with van der Waals surface area (Å²) in [5, 5.41) is 14.0. The normalized spacial score (nSPS) is 11.9. The summed E-state index contributed by atoms with van der Waals surface area (Å²) in [5.74, 6) is -0.710. The second-order valence-corrected chi connectivity index (χ2v) is 9.08. The van der Waals surface area contributed by atoms with Crippen molar-refractivity contribution in [1.29, 1.82) is 0 Å². The topological polar surface area (TPSA) is 102 Å². The first kappa shape index (κ1) is 21.9. The first-order valence-electron chi connectivity index (χ1n) is 9.08. The van der Waals surface area contributed by atoms with Crippen LogP contribution in [-0.2, 0) is 23.1 Å². The number of aromatic nitrogens is 4. The van der Waals surface area contributed by atoms with E-state index in [9.17, 15) is 14.0 Å². The standard InChI is InChI=1S/C19H21FN6O2S2/c1-10-11(2)29-18(21-10)23-17(28)12(3)30-19-25-24-15(26(19)4)9-16(27)22-14-8-6-5-7-13(14)20/h5-8,12H,9H2,1-4H3,(H,22,27)(H,21,23,28). The lowest BCUT2D eigenvalue weighted by Crippen LogP contribution is -2.23. The first-order chi connectivity index (χ1) is 14.2. The molecule has 0 spiro atoms. The third-order valence-electron chi connectivity index (χ3n) is 4.30. The maximum absolute atomic E-state index is 13.7. The van der Waals surface area contributed by atoms with E-state index in [1.807, 2.05) is 13.8 Å². The summed E-state index contributed by atoms with van der Waals surface area (Å²) >= 11 is 2.65. The van der Waals surface area contributed by atoms with Gasteiger partial charge in [0, 0.05) is 11.9 Å². The number of carbonyl (C=O) groups excluding carboxylic acids is 2. The maximum Gasteiger partial charge on any atom is 0.239 e. The molecule has 0 radical (unpaired) electrons. The molecule has 30 heavy (non-hydrogen) atoms. The average molecular weight is 449 g/mol. The molecule has 8 nitrogen and oxygen atoms in total. The molecule has 3 aromatic rings. The second kappa shape index (κ2) is 9.35. The van der Waals surface area contributed by atoms with Gasteiger partial charge in [-0.3, -0.25) is 9.59 Å². The van der Waals surface area contributed by atoms with E-state index in [0.717, 1.165) is 10.6 Å². The maximum atomic E-state index is 13.7. The van der Waals surface area contributed by atoms with Crippen LogP contribution in [0.5, 0.6) is 0 Å². The zero-order valence-corrected chi connectivity index (χ0v) is 18.5. The van der Waals surface area contributed by atoms with E-state index in [4.69, 9.17) is 0 Å². The molecule has 1 unspecified atom stereocenters. The zero-order chi connectivity index (χ0) is 21.8. The van der Waals surface area contributed by atoms with Gasteiger partial charge in [0.05, 0.1) is 23.1 Å². The number of nitrogens with zero attached hydrogens (tertiary/aromatic N) is 4. The molecule has 2 N–H and O–H groups in total. The highest BCUT2D eigenvalue weighted by atomic mass is 32.2. The van der Waals surface area contributed by atoms with Gasteiger partial charge < -0.3 is 15.2 Å². The van der Waals surface area contributed by atoms with Crippen molar-refractivity contribution in [3.05, 3.63) is 46.5 Å². The monoisotopic (exact) mass is 448 g/mol. The Balaban J connectivity index is 1.59. The van der Waals surface area contributed by atoms with Crippen LogP contribution in [0.3, 0.4) is 0 Å². The van der Waals surface area contributed by atoms with Crippen molar-refractivity contribution in [1.82, 2.24) is 19.7 Å². The van der Waals surface area contributed by atoms with Gasteiger partial charge in [0.2, 0.25) is 11.8 Å². The predicted octanol–water partition coefficient (Wildman–Crippen LogP) is 3.33. The number of nitrogens with one attached hydrogen (secondary N) is 2. The molecule has 1 aromatic carbocycles. The Labute approximate surface area is 181 Å². The lowest BCUT2D eigenvalue weighted by atomic mass is 10.3. The van der Waals surface area contributed by atoms with Gasteiger partial charge in [0.15, 0.2) is 10.3 Å². The smallest absolute Gasteiger partial charge is 0.239 e. The molecule has 0 saturated carbocycles. The Hall–Kier alpha value is -2.79. The Bertz CT molecular complexity index is 1060. The van der Waals surface area contributed by atoms with Crippen molar-refractivity contribution >= 4 is 45.7 Å². The van der Waals surface area contributed by atoms with Crippen LogP contribution >= 0.6 is 23.1 Å². The molecule has 2 heterocycles. The molecule has 1 atom stereocenters. The molecule has 0 aliphatic heterocycles. The Morgan fingerprint density at radius 3 is 2.63 bits per heavy atom. The number of halogens is 1. The van der Waals surface area contributed by atoms with E-state index < -0.39 is 17.0 Å². The van der Waals surface area contributed by atoms with Crippen LogP contribution in [0, 0.1) is 19.7 Å². The number of para-hydroxylation sites is 1. The van der Waals surface area contributed by atoms with Crippen molar-refractivity contribution in [3.63, 3.8) is 0 Å². The van der Waals surface area contributed by atoms with Crippen molar-refractivity contribution in [2.45, 2.75) is 37.6 Å². The number of benzene rings is 1. The highest BCUT2D eigenvalue weighted by molar-refractivity contribution is 8.00. The van der Waals surface area contributed by atoms with E-state index in [1.165, 1.54) is 35.2 Å². The number of rotatable bonds is 7. The van der Waals surface area contributed by atoms with Crippen LogP contribution in [0.15, 0.2) is 29.4 Å². The molecule has 0 aliphatic carbocycles. The fourth-order valence-electron chi connectivity index (χ4n) is 2.45. The van der Waals surface area contributed by atoms with Crippen LogP contribution in [-0.4, -0.2) is 36.8 Å². The Morgan fingerprint density at radius 2 is 1.97 bits per heavy atom. The molecule has 11 heteroatoms. The number of thioether (sulfide) groups is 1. The third-order valence-corrected chi connectivity index (χ3v) is 6.42. The molecule has 3 rings (SSSR count). The predicted molar refractivity (Wildman–Crippen MR) is 115 cm³/mol. The minimum absolute atomic E-state index is 0.0728. The van der Waals surface area contributed by atoms with Crippen LogP contribution < -0.4 is 10.6 Å². The van der Waals surface area contributed by atoms with Crippen molar-refractivity contribution in [3.8, 4) is 0 Å². The summed E-state index contributed by atoms with van der Waals surface area (Å²) in [6, 6.07) is 5.94. The van der Waals surface area contributed by atoms with Gasteiger partial charge >= 0.3 is 0 Å². The minimum atomic E-state index is -0.509. The zero-order valence-electron chi connectivity index (χ0n) is 16.9. The summed E-state index contributed by atoms with van der Waals surface area (Å²) in [6.45, 7) is 5.60. The summed E-state index contributed by atoms with van der Waals surface area (Å²) in [4.78, 5) is 30.0. The van der Waals surface area contributed by atoms with Crippen LogP contribution in [0.25, 0.3) is 0 Å². The van der Waals surface area contributed by atoms with E-state index in [1.54, 1.807) is 30.7 Å². The van der Waals surface area contributed by atoms with Gasteiger partial charge in [-0.15, -0.1) is 21.5 Å². The number of carbonyl (C=O) groups is 2. The molecular weight excluding hydrogens is 427 g/mol. The van der Waals surface area contributed by atoms with E-state index >= 15 is 0 Å². The molecule has 0 bridgehead atoms. The molecule has 0 saturated heterocycles. The number of hydrogen-bond donors (Lipinski definition) is 2. The molecule has 0 fully saturated rings. The van der Waals surface area contributed by atoms with Crippen LogP contribution in [0.4, 0.5) is 15.2 Å². The Kier molecular flexibility index (Phi) is 6.83. The Morgan fingerprint density at radius 1 is 1.23 bits per heavy atom. The summed E-state index contributed by atoms with van der Waals surface area (Å²) in [5.41, 5.74) is 0.999. The molecule has 158 valence electrons. The van der Waals surface area contributed by atoms with E-state index in [-0.39, 0.29) is 18.0 Å². The average Bonchev–Trinajstić information content (AvgIpc) is 3.19. The number of amides is 2. The second-order valence-electron chi connectivity index (χ2n) is 6.57. The van der Waals surface area contributed by atoms with Crippen molar-refractivity contribution in [2.75, 3.05) is 10.6 Å². The third kappa shape index (κ3) is 5.22. The summed E-state index contributed by atoms with van der Waals surface area (Å²) < 4.78 is 15.3. The first-order valence-corrected chi connectivity index (χ1v) is 10.8. The highest BCUT2D eigenvalue weighted by Crippen LogP contribution is 2.25. The number of aryl methyl sites for hydroxylation is 2. The number of thiazole rings is 1. The fraction of sp³-hybridized carbons (Fsp3) is 0.316. The molecule has 2 amide bonds. The highest BCUT2D eigenvalue weighted by Gasteiger charge is 2.21. The van der Waals surface area contributed by atoms with Gasteiger partial charge in [0.25, 0.3) is 0 Å². The quantitative estimate of drug-likeness (QED) is 0.538. The number of anilines is 2. The van der Waals surface area contributed by atoms with Crippen molar-refractivity contribution < 1.29 is 14.0 Å². The van der Waals surface area contributed by atoms with Gasteiger partial charge in [-0.1, -0.05) is 23.9 Å². The van der Waals surface area contributed by atoms with E-state index in [2.05, 4.69) is 25.8 Å². The van der Waals surface area contributed by atoms with Gasteiger partial charge in [-0.2, -0.15) is 0 Å². The lowest BCUT2D eigenvalue weighted by Gasteiger charge is -2.10.